The molecule has 4 nitrogen and oxygen atoms in total. The van der Waals surface area contributed by atoms with Gasteiger partial charge in [0.25, 0.3) is 0 Å². The Bertz CT molecular complexity index is 225. The van der Waals surface area contributed by atoms with Gasteiger partial charge in [0, 0.05) is 0 Å². The Balaban J connectivity index is 4.66. The monoisotopic (exact) mass is 244 g/mol. The molecular weight excluding hydrogens is 221 g/mol. The second-order valence-electron chi connectivity index (χ2n) is 4.32. The van der Waals surface area contributed by atoms with Crippen molar-refractivity contribution in [3.8, 4) is 0 Å². The predicted molar refractivity (Wildman–Crippen MR) is 71.7 cm³/mol. The summed E-state index contributed by atoms with van der Waals surface area (Å²) in [6.07, 6.45) is 0.0921. The van der Waals surface area contributed by atoms with Crippen LogP contribution in [-0.2, 0) is 8.96 Å². The van der Waals surface area contributed by atoms with E-state index in [0.717, 1.165) is 7.94 Å². The minimum atomic E-state index is -1.17. The van der Waals surface area contributed by atoms with Crippen LogP contribution >= 0.6 is 8.53 Å². The number of hydrogen-bond acceptors (Lipinski definition) is 4. The fourth-order valence-electron chi connectivity index (χ4n) is 1.36. The maximum absolute atomic E-state index is 6.81. The first-order valence-corrected chi connectivity index (χ1v) is 6.66. The van der Waals surface area contributed by atoms with Crippen molar-refractivity contribution in [3.05, 3.63) is 0 Å². The first-order valence-electron chi connectivity index (χ1n) is 6.11. The van der Waals surface area contributed by atoms with Gasteiger partial charge in [0.05, 0.1) is 0 Å². The molecule has 7 heteroatoms. The van der Waals surface area contributed by atoms with Gasteiger partial charge in [-0.25, -0.2) is 0 Å². The molecule has 0 bridgehead atoms. The van der Waals surface area contributed by atoms with Gasteiger partial charge in [-0.3, -0.25) is 0 Å². The van der Waals surface area contributed by atoms with E-state index in [4.69, 9.17) is 10.3 Å². The summed E-state index contributed by atoms with van der Waals surface area (Å²) in [6, 6.07) is 0.654. The topological polar surface area (TPSA) is 34.1 Å². The van der Waals surface area contributed by atoms with Gasteiger partial charge in [0.2, 0.25) is 0 Å². The van der Waals surface area contributed by atoms with Crippen molar-refractivity contribution in [3.63, 3.8) is 0 Å². The minimum absolute atomic E-state index is 0.0921. The van der Waals surface area contributed by atoms with Gasteiger partial charge in [0.15, 0.2) is 0 Å². The summed E-state index contributed by atoms with van der Waals surface area (Å²) >= 11 is 0. The van der Waals surface area contributed by atoms with Gasteiger partial charge >= 0.3 is 103 Å². The van der Waals surface area contributed by atoms with E-state index in [2.05, 4.69) is 37.2 Å². The average Bonchev–Trinajstić information content (AvgIpc) is 2.15. The number of nitrogens with zero attached hydrogens (tertiary/aromatic N) is 2. The average molecular weight is 244 g/mol. The van der Waals surface area contributed by atoms with Crippen LogP contribution in [0.5, 0.6) is 0 Å². The van der Waals surface area contributed by atoms with Crippen LogP contribution in [0.2, 0.25) is 0 Å². The molecule has 1 atom stereocenters. The molecule has 16 heavy (non-hydrogen) atoms. The number of hydrogen-bond donors (Lipinski definition) is 0. The van der Waals surface area contributed by atoms with Crippen molar-refractivity contribution < 1.29 is 8.96 Å². The Hall–Kier alpha value is 0.0799. The molecule has 0 saturated carbocycles. The van der Waals surface area contributed by atoms with Crippen molar-refractivity contribution in [2.45, 2.75) is 59.7 Å². The van der Waals surface area contributed by atoms with Gasteiger partial charge in [0.1, 0.15) is 0 Å². The van der Waals surface area contributed by atoms with Gasteiger partial charge in [-0.1, -0.05) is 0 Å². The summed E-state index contributed by atoms with van der Waals surface area (Å²) in [5.41, 5.74) is 0. The first-order chi connectivity index (χ1) is 7.90. The first kappa shape index (κ1) is 14.1. The molecule has 0 aliphatic rings. The molecule has 0 fully saturated rings. The molecule has 0 aliphatic carbocycles. The summed E-state index contributed by atoms with van der Waals surface area (Å²) in [5, 5.41) is 0. The standard InChI is InChI=1S/C9H22B2N2O2P/c1-7(2)13(8(3)4)16(14-9(5)6)15-11-12-10/h7-10H,1-6H3/i10D. The zero-order chi connectivity index (χ0) is 13.4. The molecule has 0 spiro atoms. The van der Waals surface area contributed by atoms with Crippen LogP contribution in [0.25, 0.3) is 0 Å². The molecule has 1 unspecified atom stereocenters. The summed E-state index contributed by atoms with van der Waals surface area (Å²) < 4.78 is 20.3. The van der Waals surface area contributed by atoms with Gasteiger partial charge in [-0.2, -0.15) is 0 Å². The molecular formula is C9H22B2N2O2P. The Morgan fingerprint density at radius 3 is 2.19 bits per heavy atom. The van der Waals surface area contributed by atoms with E-state index < -0.39 is 8.53 Å². The van der Waals surface area contributed by atoms with E-state index in [9.17, 15) is 0 Å². The normalized spacial score (nSPS) is 14.8. The fourth-order valence-corrected chi connectivity index (χ4v) is 2.87. The Morgan fingerprint density at radius 1 is 1.25 bits per heavy atom. The molecule has 0 heterocycles. The fraction of sp³-hybridized carbons (Fsp3) is 1.00. The van der Waals surface area contributed by atoms with E-state index in [1.807, 2.05) is 13.8 Å². The van der Waals surface area contributed by atoms with Crippen LogP contribution in [0.1, 0.15) is 41.5 Å². The molecule has 0 aromatic heterocycles. The second-order valence-corrected chi connectivity index (χ2v) is 5.68. The van der Waals surface area contributed by atoms with E-state index in [0.29, 0.717) is 12.1 Å². The molecule has 1 radical (unpaired) electrons. The molecule has 91 valence electrons. The molecule has 0 aliphatic heterocycles. The van der Waals surface area contributed by atoms with Crippen molar-refractivity contribution in [1.29, 1.82) is 1.34 Å². The van der Waals surface area contributed by atoms with E-state index in [1.54, 1.807) is 0 Å². The zero-order valence-corrected chi connectivity index (χ0v) is 11.9. The van der Waals surface area contributed by atoms with Crippen molar-refractivity contribution in [2.24, 2.45) is 4.81 Å². The predicted octanol–water partition coefficient (Wildman–Crippen LogP) is 2.39. The van der Waals surface area contributed by atoms with E-state index >= 15 is 0 Å². The van der Waals surface area contributed by atoms with Crippen molar-refractivity contribution in [1.82, 2.24) is 4.67 Å². The molecule has 0 rings (SSSR count). The Kier molecular flexibility index (Phi) is 7.26. The molecule has 0 aromatic carbocycles. The van der Waals surface area contributed by atoms with Gasteiger partial charge in [-0.05, 0) is 0 Å². The summed E-state index contributed by atoms with van der Waals surface area (Å²) in [7, 11) is 1.05. The quantitative estimate of drug-likeness (QED) is 0.485. The second kappa shape index (κ2) is 8.21. The van der Waals surface area contributed by atoms with Crippen LogP contribution in [-0.4, -0.2) is 39.4 Å². The van der Waals surface area contributed by atoms with Crippen LogP contribution in [0.3, 0.4) is 0 Å². The van der Waals surface area contributed by atoms with Crippen molar-refractivity contribution in [2.75, 3.05) is 0 Å². The van der Waals surface area contributed by atoms with Crippen molar-refractivity contribution >= 4 is 23.7 Å². The maximum atomic E-state index is 6.81. The van der Waals surface area contributed by atoms with Crippen LogP contribution in [0.4, 0.5) is 0 Å². The molecule has 0 N–H and O–H groups in total. The van der Waals surface area contributed by atoms with E-state index in [1.165, 1.54) is 7.27 Å². The number of rotatable bonds is 8. The Morgan fingerprint density at radius 2 is 1.81 bits per heavy atom. The third kappa shape index (κ3) is 5.97. The Labute approximate surface area is 104 Å². The third-order valence-electron chi connectivity index (χ3n) is 1.75. The molecule has 0 saturated heterocycles. The third-order valence-corrected chi connectivity index (χ3v) is 3.92. The SMILES string of the molecule is [2H][B]N=BOP(OC(C)C)N(C(C)C)C(C)C. The van der Waals surface area contributed by atoms with Crippen LogP contribution in [0, 0.1) is 0 Å². The summed E-state index contributed by atoms with van der Waals surface area (Å²) in [6.45, 7) is 12.4. The summed E-state index contributed by atoms with van der Waals surface area (Å²) in [5.74, 6) is 0. The van der Waals surface area contributed by atoms with Crippen LogP contribution in [0.15, 0.2) is 4.81 Å². The van der Waals surface area contributed by atoms with Crippen LogP contribution < -0.4 is 0 Å². The summed E-state index contributed by atoms with van der Waals surface area (Å²) in [4.78, 5) is 3.62. The zero-order valence-electron chi connectivity index (χ0n) is 12.0. The molecule has 0 amide bonds. The van der Waals surface area contributed by atoms with Gasteiger partial charge < -0.3 is 0 Å². The van der Waals surface area contributed by atoms with E-state index in [-0.39, 0.29) is 6.10 Å². The molecule has 0 aromatic rings. The van der Waals surface area contributed by atoms with Gasteiger partial charge in [-0.15, -0.1) is 0 Å².